The number of hydrogen-bond acceptors (Lipinski definition) is 7. The predicted octanol–water partition coefficient (Wildman–Crippen LogP) is 8.23. The fraction of sp³-hybridized carbons (Fsp3) is 0.595. The summed E-state index contributed by atoms with van der Waals surface area (Å²) in [5.74, 6) is -0.0273. The maximum absolute atomic E-state index is 14.2. The number of rotatable bonds is 11. The third kappa shape index (κ3) is 9.24. The standard InChI is InChI=1S/C37H46F6N6O3/c1-5-30-16-32(17-31(6-2)49(30)34(51)25-10-8-23(9-11-25)14-33(50)52-7-3)48(35-44-18-26(19-45-35)27-20-46-47(4)22-27)21-24-12-28(36(38,39)40)15-29(13-24)37(41,42)43/h12-13,15,18-20,22-23,25,30-32H,5-11,14,16-17,21H2,1-4H3/t23-,25-,30-,31+,32+. The number of carbonyl (C=O) groups is 2. The summed E-state index contributed by atoms with van der Waals surface area (Å²) in [6, 6.07) is 0.778. The van der Waals surface area contributed by atoms with Gasteiger partial charge in [0, 0.05) is 73.8 Å². The summed E-state index contributed by atoms with van der Waals surface area (Å²) in [7, 11) is 1.76. The van der Waals surface area contributed by atoms with Gasteiger partial charge in [0.2, 0.25) is 11.9 Å². The molecule has 3 heterocycles. The third-order valence-corrected chi connectivity index (χ3v) is 10.4. The zero-order chi connectivity index (χ0) is 37.8. The first-order chi connectivity index (χ1) is 24.6. The molecule has 0 radical (unpaired) electrons. The fourth-order valence-corrected chi connectivity index (χ4v) is 7.73. The average molecular weight is 737 g/mol. The van der Waals surface area contributed by atoms with Gasteiger partial charge in [-0.15, -0.1) is 0 Å². The van der Waals surface area contributed by atoms with Crippen LogP contribution < -0.4 is 4.90 Å². The average Bonchev–Trinajstić information content (AvgIpc) is 3.55. The molecule has 2 aromatic heterocycles. The number of piperidine rings is 1. The van der Waals surface area contributed by atoms with Crippen molar-refractivity contribution in [2.45, 2.75) is 116 Å². The van der Waals surface area contributed by atoms with Crippen molar-refractivity contribution in [1.29, 1.82) is 0 Å². The number of aryl methyl sites for hydroxylation is 1. The van der Waals surface area contributed by atoms with Crippen molar-refractivity contribution in [3.05, 3.63) is 59.7 Å². The molecule has 1 aliphatic carbocycles. The van der Waals surface area contributed by atoms with Crippen LogP contribution in [0.1, 0.15) is 95.2 Å². The summed E-state index contributed by atoms with van der Waals surface area (Å²) >= 11 is 0. The van der Waals surface area contributed by atoms with E-state index in [1.807, 2.05) is 18.7 Å². The lowest BCUT2D eigenvalue weighted by atomic mass is 9.78. The Balaban J connectivity index is 1.44. The molecular weight excluding hydrogens is 690 g/mol. The molecule has 2 aliphatic rings. The Kier molecular flexibility index (Phi) is 12.2. The van der Waals surface area contributed by atoms with Gasteiger partial charge in [-0.2, -0.15) is 31.4 Å². The minimum Gasteiger partial charge on any atom is -0.466 e. The maximum Gasteiger partial charge on any atom is 0.416 e. The number of ether oxygens (including phenoxy) is 1. The van der Waals surface area contributed by atoms with E-state index < -0.39 is 29.5 Å². The van der Waals surface area contributed by atoms with Crippen molar-refractivity contribution in [3.63, 3.8) is 0 Å². The molecule has 0 spiro atoms. The Bertz CT molecular complexity index is 1620. The molecule has 52 heavy (non-hydrogen) atoms. The number of hydrogen-bond donors (Lipinski definition) is 0. The second-order valence-electron chi connectivity index (χ2n) is 13.9. The number of anilines is 1. The molecule has 2 fully saturated rings. The quantitative estimate of drug-likeness (QED) is 0.145. The highest BCUT2D eigenvalue weighted by Gasteiger charge is 2.43. The molecule has 0 unspecified atom stereocenters. The lowest BCUT2D eigenvalue weighted by Gasteiger charge is -2.49. The minimum absolute atomic E-state index is 0.0584. The summed E-state index contributed by atoms with van der Waals surface area (Å²) in [6.07, 6.45) is 1.76. The second-order valence-corrected chi connectivity index (χ2v) is 13.9. The number of amides is 1. The van der Waals surface area contributed by atoms with Crippen molar-refractivity contribution < 1.29 is 40.7 Å². The summed E-state index contributed by atoms with van der Waals surface area (Å²) in [5, 5.41) is 4.16. The second kappa shape index (κ2) is 16.2. The molecule has 5 rings (SSSR count). The van der Waals surface area contributed by atoms with Crippen molar-refractivity contribution in [2.75, 3.05) is 11.5 Å². The number of nitrogens with zero attached hydrogens (tertiary/aromatic N) is 6. The fourth-order valence-electron chi connectivity index (χ4n) is 7.73. The number of benzene rings is 1. The molecule has 3 aromatic rings. The molecule has 1 amide bonds. The van der Waals surface area contributed by atoms with Crippen LogP contribution in [0.3, 0.4) is 0 Å². The highest BCUT2D eigenvalue weighted by molar-refractivity contribution is 5.80. The minimum atomic E-state index is -4.99. The highest BCUT2D eigenvalue weighted by Crippen LogP contribution is 2.40. The van der Waals surface area contributed by atoms with Crippen LogP contribution >= 0.6 is 0 Å². The number of esters is 1. The van der Waals surface area contributed by atoms with Crippen LogP contribution in [0.4, 0.5) is 32.3 Å². The zero-order valence-electron chi connectivity index (χ0n) is 29.9. The first-order valence-corrected chi connectivity index (χ1v) is 17.9. The smallest absolute Gasteiger partial charge is 0.416 e. The van der Waals surface area contributed by atoms with Gasteiger partial charge >= 0.3 is 18.3 Å². The Labute approximate surface area is 299 Å². The number of aromatic nitrogens is 4. The van der Waals surface area contributed by atoms with E-state index in [1.165, 1.54) is 0 Å². The topological polar surface area (TPSA) is 93.5 Å². The van der Waals surface area contributed by atoms with Crippen molar-refractivity contribution >= 4 is 17.8 Å². The van der Waals surface area contributed by atoms with Crippen LogP contribution in [0.25, 0.3) is 11.1 Å². The Morgan fingerprint density at radius 1 is 0.846 bits per heavy atom. The van der Waals surface area contributed by atoms with E-state index in [-0.39, 0.29) is 59.9 Å². The largest absolute Gasteiger partial charge is 0.466 e. The predicted molar refractivity (Wildman–Crippen MR) is 182 cm³/mol. The monoisotopic (exact) mass is 736 g/mol. The molecule has 0 bridgehead atoms. The molecule has 1 saturated carbocycles. The molecule has 15 heteroatoms. The van der Waals surface area contributed by atoms with E-state index in [9.17, 15) is 35.9 Å². The summed E-state index contributed by atoms with van der Waals surface area (Å²) < 4.78 is 89.9. The lowest BCUT2D eigenvalue weighted by molar-refractivity contribution is -0.146. The molecule has 1 aliphatic heterocycles. The van der Waals surface area contributed by atoms with Crippen LogP contribution in [-0.2, 0) is 40.3 Å². The van der Waals surface area contributed by atoms with E-state index in [0.29, 0.717) is 57.1 Å². The third-order valence-electron chi connectivity index (χ3n) is 10.4. The van der Waals surface area contributed by atoms with Crippen molar-refractivity contribution in [2.24, 2.45) is 18.9 Å². The molecule has 1 aromatic carbocycles. The van der Waals surface area contributed by atoms with Gasteiger partial charge in [0.1, 0.15) is 0 Å². The summed E-state index contributed by atoms with van der Waals surface area (Å²) in [5.41, 5.74) is -1.57. The van der Waals surface area contributed by atoms with Gasteiger partial charge < -0.3 is 14.5 Å². The molecular formula is C37H46F6N6O3. The van der Waals surface area contributed by atoms with Crippen LogP contribution in [0.5, 0.6) is 0 Å². The van der Waals surface area contributed by atoms with Crippen LogP contribution in [0.2, 0.25) is 0 Å². The van der Waals surface area contributed by atoms with Gasteiger partial charge in [0.15, 0.2) is 0 Å². The van der Waals surface area contributed by atoms with Crippen molar-refractivity contribution in [3.8, 4) is 11.1 Å². The van der Waals surface area contributed by atoms with E-state index in [0.717, 1.165) is 30.5 Å². The normalized spacial score (nSPS) is 22.7. The Morgan fingerprint density at radius 3 is 1.90 bits per heavy atom. The molecule has 9 nitrogen and oxygen atoms in total. The van der Waals surface area contributed by atoms with E-state index >= 15 is 0 Å². The molecule has 3 atom stereocenters. The van der Waals surface area contributed by atoms with Crippen LogP contribution in [-0.4, -0.2) is 61.3 Å². The summed E-state index contributed by atoms with van der Waals surface area (Å²) in [4.78, 5) is 39.0. The number of halogens is 6. The van der Waals surface area contributed by atoms with Crippen LogP contribution in [0.15, 0.2) is 43.0 Å². The number of alkyl halides is 6. The summed E-state index contributed by atoms with van der Waals surface area (Å²) in [6.45, 7) is 5.74. The highest BCUT2D eigenvalue weighted by atomic mass is 19.4. The zero-order valence-corrected chi connectivity index (χ0v) is 29.9. The van der Waals surface area contributed by atoms with Gasteiger partial charge in [0.25, 0.3) is 0 Å². The first-order valence-electron chi connectivity index (χ1n) is 17.9. The SMILES string of the molecule is CCOC(=O)C[C@H]1CC[C@H](C(=O)N2[C@H](CC)C[C@H](N(Cc3cc(C(F)(F)F)cc(C(F)(F)F)c3)c3ncc(-c4cnn(C)c4)cn3)C[C@@H]2CC)CC1. The lowest BCUT2D eigenvalue weighted by Crippen LogP contribution is -2.58. The Hall–Kier alpha value is -4.17. The Morgan fingerprint density at radius 2 is 1.42 bits per heavy atom. The molecule has 0 N–H and O–H groups in total. The van der Waals surface area contributed by atoms with Crippen molar-refractivity contribution in [1.82, 2.24) is 24.6 Å². The number of carbonyl (C=O) groups excluding carboxylic acids is 2. The van der Waals surface area contributed by atoms with Gasteiger partial charge in [-0.1, -0.05) is 13.8 Å². The van der Waals surface area contributed by atoms with Crippen LogP contribution in [0, 0.1) is 11.8 Å². The van der Waals surface area contributed by atoms with E-state index in [2.05, 4.69) is 15.1 Å². The van der Waals surface area contributed by atoms with Gasteiger partial charge in [-0.25, -0.2) is 9.97 Å². The first kappa shape index (κ1) is 39.0. The van der Waals surface area contributed by atoms with Gasteiger partial charge in [0.05, 0.1) is 23.9 Å². The number of likely N-dealkylation sites (tertiary alicyclic amines) is 1. The molecule has 1 saturated heterocycles. The van der Waals surface area contributed by atoms with E-state index in [4.69, 9.17) is 4.74 Å². The molecule has 284 valence electrons. The van der Waals surface area contributed by atoms with E-state index in [1.54, 1.807) is 48.3 Å². The van der Waals surface area contributed by atoms with Gasteiger partial charge in [-0.05, 0) is 88.0 Å². The maximum atomic E-state index is 14.2. The van der Waals surface area contributed by atoms with Gasteiger partial charge in [-0.3, -0.25) is 14.3 Å².